The summed E-state index contributed by atoms with van der Waals surface area (Å²) in [5, 5.41) is 22.4. The third kappa shape index (κ3) is 3.60. The molecular formula is C12H16F3N3O3. The van der Waals surface area contributed by atoms with Crippen LogP contribution in [-0.2, 0) is 10.9 Å². The fourth-order valence-corrected chi connectivity index (χ4v) is 2.13. The van der Waals surface area contributed by atoms with Crippen LogP contribution >= 0.6 is 0 Å². The van der Waals surface area contributed by atoms with Crippen molar-refractivity contribution >= 4 is 5.82 Å². The fraction of sp³-hybridized carbons (Fsp3) is 0.667. The lowest BCUT2D eigenvalue weighted by Crippen LogP contribution is -2.55. The topological polar surface area (TPSA) is 87.5 Å². The van der Waals surface area contributed by atoms with Crippen LogP contribution in [-0.4, -0.2) is 51.1 Å². The summed E-state index contributed by atoms with van der Waals surface area (Å²) in [5.74, 6) is -0.139. The largest absolute Gasteiger partial charge is 0.434 e. The van der Waals surface area contributed by atoms with Gasteiger partial charge in [0.05, 0.1) is 31.1 Å². The van der Waals surface area contributed by atoms with E-state index < -0.39 is 36.2 Å². The van der Waals surface area contributed by atoms with E-state index in [2.05, 4.69) is 15.3 Å². The van der Waals surface area contributed by atoms with E-state index in [-0.39, 0.29) is 12.4 Å². The van der Waals surface area contributed by atoms with E-state index in [1.165, 1.54) is 0 Å². The zero-order valence-electron chi connectivity index (χ0n) is 11.2. The van der Waals surface area contributed by atoms with Gasteiger partial charge in [-0.25, -0.2) is 4.98 Å². The second kappa shape index (κ2) is 6.12. The first-order valence-electron chi connectivity index (χ1n) is 6.46. The minimum Gasteiger partial charge on any atom is -0.388 e. The molecule has 0 aliphatic carbocycles. The summed E-state index contributed by atoms with van der Waals surface area (Å²) < 4.78 is 43.0. The van der Waals surface area contributed by atoms with Crippen LogP contribution in [0.15, 0.2) is 12.4 Å². The highest BCUT2D eigenvalue weighted by atomic mass is 19.4. The number of ether oxygens (including phenoxy) is 1. The van der Waals surface area contributed by atoms with E-state index in [1.54, 1.807) is 6.92 Å². The average molecular weight is 307 g/mol. The quantitative estimate of drug-likeness (QED) is 0.766. The summed E-state index contributed by atoms with van der Waals surface area (Å²) in [6.07, 6.45) is -5.12. The molecule has 0 bridgehead atoms. The van der Waals surface area contributed by atoms with Gasteiger partial charge in [-0.2, -0.15) is 13.2 Å². The van der Waals surface area contributed by atoms with Crippen LogP contribution in [0.4, 0.5) is 19.0 Å². The van der Waals surface area contributed by atoms with Crippen molar-refractivity contribution in [3.8, 4) is 0 Å². The third-order valence-electron chi connectivity index (χ3n) is 3.29. The van der Waals surface area contributed by atoms with Gasteiger partial charge in [0.2, 0.25) is 0 Å². The summed E-state index contributed by atoms with van der Waals surface area (Å²) in [7, 11) is 0. The molecule has 0 radical (unpaired) electrons. The molecule has 1 saturated heterocycles. The maximum atomic E-state index is 12.5. The first-order valence-corrected chi connectivity index (χ1v) is 6.46. The minimum atomic E-state index is -4.60. The highest BCUT2D eigenvalue weighted by Gasteiger charge is 2.38. The summed E-state index contributed by atoms with van der Waals surface area (Å²) in [4.78, 5) is 6.85. The van der Waals surface area contributed by atoms with Crippen LogP contribution in [0.3, 0.4) is 0 Å². The van der Waals surface area contributed by atoms with Gasteiger partial charge in [0, 0.05) is 0 Å². The van der Waals surface area contributed by atoms with Crippen LogP contribution in [0.25, 0.3) is 0 Å². The summed E-state index contributed by atoms with van der Waals surface area (Å²) >= 11 is 0. The molecule has 1 fully saturated rings. The molecule has 9 heteroatoms. The lowest BCUT2D eigenvalue weighted by Gasteiger charge is -2.37. The van der Waals surface area contributed by atoms with Crippen LogP contribution < -0.4 is 5.32 Å². The number of hydrogen-bond donors (Lipinski definition) is 3. The smallest absolute Gasteiger partial charge is 0.388 e. The van der Waals surface area contributed by atoms with Gasteiger partial charge in [-0.05, 0) is 6.42 Å². The SMILES string of the molecule is CC[C@H]1OC[C@H](Nc2cncc(C(F)(F)F)n2)[C@@H](O)[C@H]1O. The minimum absolute atomic E-state index is 0.0503. The molecule has 1 aromatic heterocycles. The van der Waals surface area contributed by atoms with Crippen molar-refractivity contribution in [2.75, 3.05) is 11.9 Å². The number of alkyl halides is 3. The normalized spacial score (nSPS) is 30.2. The maximum absolute atomic E-state index is 12.5. The van der Waals surface area contributed by atoms with Crippen molar-refractivity contribution in [3.05, 3.63) is 18.1 Å². The molecule has 1 aromatic rings. The number of anilines is 1. The Kier molecular flexibility index (Phi) is 4.64. The molecule has 0 spiro atoms. The number of hydrogen-bond acceptors (Lipinski definition) is 6. The molecular weight excluding hydrogens is 291 g/mol. The Hall–Kier alpha value is -1.45. The van der Waals surface area contributed by atoms with Crippen molar-refractivity contribution < 1.29 is 28.1 Å². The van der Waals surface area contributed by atoms with Gasteiger partial charge in [0.25, 0.3) is 0 Å². The number of rotatable bonds is 3. The highest BCUT2D eigenvalue weighted by Crippen LogP contribution is 2.28. The van der Waals surface area contributed by atoms with Gasteiger partial charge in [0.1, 0.15) is 18.0 Å². The van der Waals surface area contributed by atoms with Gasteiger partial charge >= 0.3 is 6.18 Å². The Morgan fingerprint density at radius 1 is 1.33 bits per heavy atom. The van der Waals surface area contributed by atoms with E-state index in [0.29, 0.717) is 12.6 Å². The second-order valence-electron chi connectivity index (χ2n) is 4.80. The molecule has 0 amide bonds. The molecule has 0 saturated carbocycles. The molecule has 3 N–H and O–H groups in total. The summed E-state index contributed by atoms with van der Waals surface area (Å²) in [6, 6.07) is -0.763. The monoisotopic (exact) mass is 307 g/mol. The van der Waals surface area contributed by atoms with Crippen LogP contribution in [0.1, 0.15) is 19.0 Å². The van der Waals surface area contributed by atoms with E-state index in [0.717, 1.165) is 6.20 Å². The zero-order valence-corrected chi connectivity index (χ0v) is 11.2. The number of aromatic nitrogens is 2. The van der Waals surface area contributed by atoms with Gasteiger partial charge in [0.15, 0.2) is 5.69 Å². The first kappa shape index (κ1) is 15.9. The molecule has 4 atom stereocenters. The average Bonchev–Trinajstić information content (AvgIpc) is 2.44. The van der Waals surface area contributed by atoms with E-state index in [1.807, 2.05) is 0 Å². The van der Waals surface area contributed by atoms with Crippen LogP contribution in [0, 0.1) is 0 Å². The van der Waals surface area contributed by atoms with Crippen molar-refractivity contribution in [1.29, 1.82) is 0 Å². The number of halogens is 3. The summed E-state index contributed by atoms with van der Waals surface area (Å²) in [6.45, 7) is 1.85. The standard InChI is InChI=1S/C12H16F3N3O3/c1-2-7-11(20)10(19)6(5-21-7)17-9-4-16-3-8(18-9)12(13,14)15/h3-4,6-7,10-11,19-20H,2,5H2,1H3,(H,17,18)/t6-,7+,10+,11-/m0/s1. The van der Waals surface area contributed by atoms with E-state index in [4.69, 9.17) is 4.74 Å². The Bertz CT molecular complexity index is 486. The molecule has 6 nitrogen and oxygen atoms in total. The zero-order chi connectivity index (χ0) is 15.6. The highest BCUT2D eigenvalue weighted by molar-refractivity contribution is 5.34. The van der Waals surface area contributed by atoms with Crippen molar-refractivity contribution in [3.63, 3.8) is 0 Å². The predicted molar refractivity (Wildman–Crippen MR) is 66.5 cm³/mol. The molecule has 0 aromatic carbocycles. The number of nitrogens with zero attached hydrogens (tertiary/aromatic N) is 2. The van der Waals surface area contributed by atoms with E-state index >= 15 is 0 Å². The number of aliphatic hydroxyl groups excluding tert-OH is 2. The predicted octanol–water partition coefficient (Wildman–Crippen LogP) is 0.806. The molecule has 0 unspecified atom stereocenters. The van der Waals surface area contributed by atoms with Crippen LogP contribution in [0.2, 0.25) is 0 Å². The van der Waals surface area contributed by atoms with Crippen LogP contribution in [0.5, 0.6) is 0 Å². The Morgan fingerprint density at radius 3 is 2.67 bits per heavy atom. The Balaban J connectivity index is 2.08. The Labute approximate surface area is 119 Å². The second-order valence-corrected chi connectivity index (χ2v) is 4.80. The molecule has 1 aliphatic heterocycles. The molecule has 1 aliphatic rings. The van der Waals surface area contributed by atoms with E-state index in [9.17, 15) is 23.4 Å². The van der Waals surface area contributed by atoms with Gasteiger partial charge in [-0.3, -0.25) is 4.98 Å². The Morgan fingerprint density at radius 2 is 2.05 bits per heavy atom. The lowest BCUT2D eigenvalue weighted by molar-refractivity contribution is -0.142. The van der Waals surface area contributed by atoms with Gasteiger partial charge < -0.3 is 20.3 Å². The fourth-order valence-electron chi connectivity index (χ4n) is 2.13. The maximum Gasteiger partial charge on any atom is 0.434 e. The van der Waals surface area contributed by atoms with Crippen molar-refractivity contribution in [1.82, 2.24) is 9.97 Å². The number of aliphatic hydroxyl groups is 2. The molecule has 118 valence electrons. The molecule has 21 heavy (non-hydrogen) atoms. The number of nitrogens with one attached hydrogen (secondary N) is 1. The lowest BCUT2D eigenvalue weighted by atomic mass is 9.96. The van der Waals surface area contributed by atoms with Gasteiger partial charge in [-0.1, -0.05) is 6.92 Å². The third-order valence-corrected chi connectivity index (χ3v) is 3.29. The first-order chi connectivity index (χ1) is 9.82. The van der Waals surface area contributed by atoms with Crippen molar-refractivity contribution in [2.24, 2.45) is 0 Å². The summed E-state index contributed by atoms with van der Waals surface area (Å²) in [5.41, 5.74) is -1.13. The molecule has 2 rings (SSSR count). The van der Waals surface area contributed by atoms with Crippen molar-refractivity contribution in [2.45, 2.75) is 43.9 Å². The van der Waals surface area contributed by atoms with Gasteiger partial charge in [-0.15, -0.1) is 0 Å². The molecule has 2 heterocycles.